The van der Waals surface area contributed by atoms with E-state index in [2.05, 4.69) is 44.7 Å². The van der Waals surface area contributed by atoms with Gasteiger partial charge in [-0.15, -0.1) is 6.58 Å². The summed E-state index contributed by atoms with van der Waals surface area (Å²) in [5, 5.41) is 0. The van der Waals surface area contributed by atoms with Crippen molar-refractivity contribution in [2.75, 3.05) is 7.11 Å². The van der Waals surface area contributed by atoms with Crippen LogP contribution in [0.2, 0.25) is 0 Å². The Balaban J connectivity index is 1.80. The fourth-order valence-electron chi connectivity index (χ4n) is 6.49. The van der Waals surface area contributed by atoms with Crippen LogP contribution in [0.4, 0.5) is 0 Å². The first-order valence-electron chi connectivity index (χ1n) is 9.35. The lowest BCUT2D eigenvalue weighted by molar-refractivity contribution is -0.0146. The standard InChI is InChI=1S/C22H30O/c1-5-22-13-10-16-14-17(23-4)7-8-18(16)19(22)11-12-21(3)15(2)6-9-20(21)22/h5,7-8,14-15,19-20H,1,6,9-13H2,2-4H3/t15-,19-,20-,21-,22-/m1/s1. The number of ether oxygens (including phenoxy) is 1. The van der Waals surface area contributed by atoms with E-state index in [0.29, 0.717) is 16.7 Å². The summed E-state index contributed by atoms with van der Waals surface area (Å²) in [5.41, 5.74) is 3.94. The molecule has 2 fully saturated rings. The van der Waals surface area contributed by atoms with Gasteiger partial charge in [-0.1, -0.05) is 26.0 Å². The summed E-state index contributed by atoms with van der Waals surface area (Å²) in [5.74, 6) is 3.35. The Morgan fingerprint density at radius 3 is 2.78 bits per heavy atom. The van der Waals surface area contributed by atoms with Gasteiger partial charge in [-0.25, -0.2) is 0 Å². The Labute approximate surface area is 141 Å². The quantitative estimate of drug-likeness (QED) is 0.633. The largest absolute Gasteiger partial charge is 0.497 e. The molecule has 1 heteroatoms. The highest BCUT2D eigenvalue weighted by Gasteiger charge is 2.59. The topological polar surface area (TPSA) is 9.23 Å². The third-order valence-corrected chi connectivity index (χ3v) is 8.01. The van der Waals surface area contributed by atoms with Crippen LogP contribution in [0.3, 0.4) is 0 Å². The zero-order valence-corrected chi connectivity index (χ0v) is 14.9. The summed E-state index contributed by atoms with van der Waals surface area (Å²) in [6, 6.07) is 6.77. The molecule has 0 spiro atoms. The molecule has 0 bridgehead atoms. The monoisotopic (exact) mass is 310 g/mol. The molecule has 0 amide bonds. The van der Waals surface area contributed by atoms with E-state index in [1.165, 1.54) is 44.1 Å². The van der Waals surface area contributed by atoms with Crippen molar-refractivity contribution >= 4 is 0 Å². The molecule has 0 heterocycles. The van der Waals surface area contributed by atoms with Crippen molar-refractivity contribution in [3.8, 4) is 5.75 Å². The molecule has 1 aromatic rings. The maximum atomic E-state index is 5.45. The van der Waals surface area contributed by atoms with Crippen LogP contribution in [0.15, 0.2) is 30.9 Å². The first-order valence-corrected chi connectivity index (χ1v) is 9.35. The zero-order chi connectivity index (χ0) is 16.2. The van der Waals surface area contributed by atoms with Gasteiger partial charge in [0.2, 0.25) is 0 Å². The molecule has 124 valence electrons. The number of hydrogen-bond donors (Lipinski definition) is 0. The van der Waals surface area contributed by atoms with Crippen molar-refractivity contribution in [1.82, 2.24) is 0 Å². The van der Waals surface area contributed by atoms with Gasteiger partial charge in [-0.3, -0.25) is 0 Å². The lowest BCUT2D eigenvalue weighted by atomic mass is 9.46. The van der Waals surface area contributed by atoms with Crippen LogP contribution in [0.5, 0.6) is 5.75 Å². The lowest BCUT2D eigenvalue weighted by Gasteiger charge is -2.57. The number of allylic oxidation sites excluding steroid dienone is 1. The van der Waals surface area contributed by atoms with Crippen LogP contribution in [-0.2, 0) is 6.42 Å². The molecule has 1 aromatic carbocycles. The highest BCUT2D eigenvalue weighted by atomic mass is 16.5. The van der Waals surface area contributed by atoms with Crippen molar-refractivity contribution in [3.63, 3.8) is 0 Å². The first-order chi connectivity index (χ1) is 11.0. The molecule has 0 N–H and O–H groups in total. The Kier molecular flexibility index (Phi) is 3.41. The van der Waals surface area contributed by atoms with E-state index in [1.54, 1.807) is 12.7 Å². The predicted octanol–water partition coefficient (Wildman–Crippen LogP) is 5.74. The maximum absolute atomic E-state index is 5.45. The summed E-state index contributed by atoms with van der Waals surface area (Å²) in [7, 11) is 1.77. The van der Waals surface area contributed by atoms with Crippen LogP contribution in [0.25, 0.3) is 0 Å². The highest BCUT2D eigenvalue weighted by Crippen LogP contribution is 2.68. The van der Waals surface area contributed by atoms with Crippen LogP contribution < -0.4 is 4.74 Å². The number of rotatable bonds is 2. The maximum Gasteiger partial charge on any atom is 0.119 e. The number of hydrogen-bond acceptors (Lipinski definition) is 1. The van der Waals surface area contributed by atoms with Gasteiger partial charge in [0.1, 0.15) is 5.75 Å². The zero-order valence-electron chi connectivity index (χ0n) is 14.9. The minimum atomic E-state index is 0.319. The smallest absolute Gasteiger partial charge is 0.119 e. The van der Waals surface area contributed by atoms with E-state index in [4.69, 9.17) is 4.74 Å². The van der Waals surface area contributed by atoms with E-state index in [-0.39, 0.29) is 0 Å². The number of benzene rings is 1. The second kappa shape index (κ2) is 5.13. The predicted molar refractivity (Wildman–Crippen MR) is 95.9 cm³/mol. The number of aryl methyl sites for hydroxylation is 1. The minimum absolute atomic E-state index is 0.319. The summed E-state index contributed by atoms with van der Waals surface area (Å²) in [4.78, 5) is 0. The second-order valence-electron chi connectivity index (χ2n) is 8.51. The van der Waals surface area contributed by atoms with Crippen LogP contribution >= 0.6 is 0 Å². The van der Waals surface area contributed by atoms with Gasteiger partial charge in [-0.2, -0.15) is 0 Å². The normalized spacial score (nSPS) is 41.6. The first kappa shape index (κ1) is 15.3. The number of fused-ring (bicyclic) bond motifs is 5. The van der Waals surface area contributed by atoms with Gasteiger partial charge in [0.25, 0.3) is 0 Å². The van der Waals surface area contributed by atoms with Crippen molar-refractivity contribution in [3.05, 3.63) is 42.0 Å². The van der Waals surface area contributed by atoms with Gasteiger partial charge in [0.05, 0.1) is 7.11 Å². The summed E-state index contributed by atoms with van der Waals surface area (Å²) in [6.07, 6.45) is 10.3. The lowest BCUT2D eigenvalue weighted by Crippen LogP contribution is -2.49. The van der Waals surface area contributed by atoms with E-state index in [1.807, 2.05) is 0 Å². The van der Waals surface area contributed by atoms with E-state index >= 15 is 0 Å². The van der Waals surface area contributed by atoms with Crippen LogP contribution in [0.1, 0.15) is 63.0 Å². The molecule has 3 aliphatic carbocycles. The molecule has 4 rings (SSSR count). The molecule has 1 nitrogen and oxygen atoms in total. The minimum Gasteiger partial charge on any atom is -0.497 e. The molecular formula is C22H30O. The van der Waals surface area contributed by atoms with Crippen molar-refractivity contribution < 1.29 is 4.74 Å². The highest BCUT2D eigenvalue weighted by molar-refractivity contribution is 5.43. The molecule has 0 aliphatic heterocycles. The molecule has 3 aliphatic rings. The van der Waals surface area contributed by atoms with Crippen LogP contribution in [-0.4, -0.2) is 7.11 Å². The molecule has 2 saturated carbocycles. The van der Waals surface area contributed by atoms with Gasteiger partial charge >= 0.3 is 0 Å². The fraction of sp³-hybridized carbons (Fsp3) is 0.636. The Morgan fingerprint density at radius 2 is 2.04 bits per heavy atom. The van der Waals surface area contributed by atoms with Crippen molar-refractivity contribution in [2.24, 2.45) is 22.7 Å². The van der Waals surface area contributed by atoms with Crippen molar-refractivity contribution in [1.29, 1.82) is 0 Å². The van der Waals surface area contributed by atoms with Gasteiger partial charge in [0, 0.05) is 0 Å². The molecular weight excluding hydrogens is 280 g/mol. The average molecular weight is 310 g/mol. The Bertz CT molecular complexity index is 633. The summed E-state index contributed by atoms with van der Waals surface area (Å²) >= 11 is 0. The molecule has 23 heavy (non-hydrogen) atoms. The Morgan fingerprint density at radius 1 is 1.22 bits per heavy atom. The molecule has 0 aromatic heterocycles. The third-order valence-electron chi connectivity index (χ3n) is 8.01. The van der Waals surface area contributed by atoms with Gasteiger partial charge in [0.15, 0.2) is 0 Å². The van der Waals surface area contributed by atoms with Gasteiger partial charge < -0.3 is 4.74 Å². The molecule has 5 atom stereocenters. The second-order valence-corrected chi connectivity index (χ2v) is 8.51. The number of methoxy groups -OCH3 is 1. The van der Waals surface area contributed by atoms with Crippen molar-refractivity contribution in [2.45, 2.75) is 58.3 Å². The SMILES string of the molecule is C=C[C@@]12CCc3cc(OC)ccc3[C@H]1CC[C@]1(C)[C@H](C)CC[C@H]12. The molecule has 0 saturated heterocycles. The summed E-state index contributed by atoms with van der Waals surface area (Å²) in [6.45, 7) is 9.41. The van der Waals surface area contributed by atoms with E-state index in [9.17, 15) is 0 Å². The van der Waals surface area contributed by atoms with Crippen LogP contribution in [0, 0.1) is 22.7 Å². The summed E-state index contributed by atoms with van der Waals surface area (Å²) < 4.78 is 5.45. The van der Waals surface area contributed by atoms with Gasteiger partial charge in [-0.05, 0) is 90.4 Å². The Hall–Kier alpha value is -1.24. The molecule has 0 unspecified atom stereocenters. The third kappa shape index (κ3) is 1.92. The average Bonchev–Trinajstić information content (AvgIpc) is 2.89. The van der Waals surface area contributed by atoms with E-state index in [0.717, 1.165) is 17.6 Å². The van der Waals surface area contributed by atoms with E-state index < -0.39 is 0 Å². The fourth-order valence-corrected chi connectivity index (χ4v) is 6.49. The molecule has 0 radical (unpaired) electrons.